The maximum Gasteiger partial charge on any atom is 0.243 e. The molecule has 21 heavy (non-hydrogen) atoms. The van der Waals surface area contributed by atoms with Crippen molar-refractivity contribution in [3.63, 3.8) is 0 Å². The predicted molar refractivity (Wildman–Crippen MR) is 105 cm³/mol. The van der Waals surface area contributed by atoms with Gasteiger partial charge in [0, 0.05) is 38.7 Å². The molecular weight excluding hydrogens is 399 g/mol. The van der Waals surface area contributed by atoms with Crippen LogP contribution in [0.15, 0.2) is 29.8 Å². The summed E-state index contributed by atoms with van der Waals surface area (Å²) in [5, 5.41) is 6.34. The van der Waals surface area contributed by atoms with Crippen LogP contribution in [0.1, 0.15) is 6.92 Å². The Balaban J connectivity index is 0. The Morgan fingerprint density at radius 2 is 2.05 bits per heavy atom. The summed E-state index contributed by atoms with van der Waals surface area (Å²) in [7, 11) is 3.44. The summed E-state index contributed by atoms with van der Waals surface area (Å²) >= 11 is 1.79. The lowest BCUT2D eigenvalue weighted by Crippen LogP contribution is -2.40. The quantitative estimate of drug-likeness (QED) is 0.194. The molecule has 0 aromatic rings. The van der Waals surface area contributed by atoms with Gasteiger partial charge < -0.3 is 15.5 Å². The maximum absolute atomic E-state index is 11.5. The van der Waals surface area contributed by atoms with Gasteiger partial charge in [-0.05, 0) is 6.92 Å². The Kier molecular flexibility index (Phi) is 15.3. The number of rotatable bonds is 9. The summed E-state index contributed by atoms with van der Waals surface area (Å²) in [6, 6.07) is 0. The van der Waals surface area contributed by atoms with Crippen LogP contribution in [0.25, 0.3) is 0 Å². The van der Waals surface area contributed by atoms with Crippen LogP contribution in [0.4, 0.5) is 0 Å². The molecule has 0 radical (unpaired) electrons. The van der Waals surface area contributed by atoms with E-state index in [9.17, 15) is 4.79 Å². The Morgan fingerprint density at radius 1 is 1.38 bits per heavy atom. The fraction of sp³-hybridized carbons (Fsp3) is 0.571. The molecule has 0 aliphatic rings. The standard InChI is InChI=1S/C14H26N4OS.HI/c1-6-8-20-9-7-15-14(16-10-12(2)3)17-11-13(19)18(4)5;/h6H,1-2,7-11H2,3-5H3,(H2,15,16,17);1H. The van der Waals surface area contributed by atoms with E-state index < -0.39 is 0 Å². The van der Waals surface area contributed by atoms with Gasteiger partial charge in [0.15, 0.2) is 5.96 Å². The van der Waals surface area contributed by atoms with E-state index >= 15 is 0 Å². The van der Waals surface area contributed by atoms with Crippen molar-refractivity contribution in [1.82, 2.24) is 15.5 Å². The zero-order chi connectivity index (χ0) is 15.4. The first-order valence-electron chi connectivity index (χ1n) is 6.52. The molecule has 1 amide bonds. The minimum Gasteiger partial charge on any atom is -0.356 e. The van der Waals surface area contributed by atoms with Gasteiger partial charge in [0.05, 0.1) is 0 Å². The van der Waals surface area contributed by atoms with Crippen LogP contribution in [0.2, 0.25) is 0 Å². The molecule has 0 aromatic carbocycles. The van der Waals surface area contributed by atoms with E-state index in [1.54, 1.807) is 25.9 Å². The lowest BCUT2D eigenvalue weighted by atomic mass is 10.3. The van der Waals surface area contributed by atoms with Crippen LogP contribution < -0.4 is 10.6 Å². The number of nitrogens with zero attached hydrogens (tertiary/aromatic N) is 2. The molecular formula is C14H27IN4OS. The molecule has 0 fully saturated rings. The Bertz CT molecular complexity index is 359. The van der Waals surface area contributed by atoms with E-state index in [-0.39, 0.29) is 36.4 Å². The van der Waals surface area contributed by atoms with Crippen molar-refractivity contribution in [2.24, 2.45) is 4.99 Å². The third-order valence-corrected chi connectivity index (χ3v) is 3.17. The van der Waals surface area contributed by atoms with Crippen molar-refractivity contribution in [3.8, 4) is 0 Å². The molecule has 7 heteroatoms. The molecule has 2 N–H and O–H groups in total. The van der Waals surface area contributed by atoms with E-state index in [1.807, 2.05) is 13.0 Å². The minimum absolute atomic E-state index is 0. The number of carbonyl (C=O) groups excluding carboxylic acids is 1. The van der Waals surface area contributed by atoms with Gasteiger partial charge in [0.1, 0.15) is 6.54 Å². The first kappa shape index (κ1) is 22.6. The topological polar surface area (TPSA) is 56.7 Å². The Morgan fingerprint density at radius 3 is 2.57 bits per heavy atom. The minimum atomic E-state index is -0.0255. The van der Waals surface area contributed by atoms with Gasteiger partial charge in [-0.15, -0.1) is 30.6 Å². The van der Waals surface area contributed by atoms with Crippen molar-refractivity contribution in [1.29, 1.82) is 0 Å². The molecule has 0 saturated heterocycles. The molecule has 0 aliphatic carbocycles. The fourth-order valence-electron chi connectivity index (χ4n) is 1.11. The van der Waals surface area contributed by atoms with Crippen LogP contribution in [-0.2, 0) is 4.79 Å². The molecule has 0 saturated carbocycles. The average molecular weight is 426 g/mol. The second-order valence-corrected chi connectivity index (χ2v) is 5.70. The molecule has 0 atom stereocenters. The normalized spacial score (nSPS) is 10.3. The lowest BCUT2D eigenvalue weighted by Gasteiger charge is -2.13. The summed E-state index contributed by atoms with van der Waals surface area (Å²) in [6.07, 6.45) is 1.88. The van der Waals surface area contributed by atoms with Gasteiger partial charge in [-0.2, -0.15) is 11.8 Å². The third-order valence-electron chi connectivity index (χ3n) is 2.20. The summed E-state index contributed by atoms with van der Waals surface area (Å²) < 4.78 is 0. The van der Waals surface area contributed by atoms with E-state index in [2.05, 4.69) is 28.8 Å². The zero-order valence-electron chi connectivity index (χ0n) is 13.1. The average Bonchev–Trinajstić information content (AvgIpc) is 2.39. The van der Waals surface area contributed by atoms with Crippen LogP contribution in [0.5, 0.6) is 0 Å². The first-order chi connectivity index (χ1) is 9.47. The van der Waals surface area contributed by atoms with Crippen LogP contribution >= 0.6 is 35.7 Å². The number of likely N-dealkylation sites (N-methyl/N-ethyl adjacent to an activating group) is 1. The van der Waals surface area contributed by atoms with Crippen molar-refractivity contribution < 1.29 is 4.79 Å². The zero-order valence-corrected chi connectivity index (χ0v) is 16.3. The van der Waals surface area contributed by atoms with Crippen molar-refractivity contribution >= 4 is 47.6 Å². The number of nitrogens with one attached hydrogen (secondary N) is 2. The number of carbonyl (C=O) groups is 1. The second kappa shape index (κ2) is 14.2. The highest BCUT2D eigenvalue weighted by atomic mass is 127. The molecule has 0 heterocycles. The fourth-order valence-corrected chi connectivity index (χ4v) is 1.69. The highest BCUT2D eigenvalue weighted by molar-refractivity contribution is 14.0. The number of hydrogen-bond donors (Lipinski definition) is 2. The van der Waals surface area contributed by atoms with Crippen LogP contribution in [0.3, 0.4) is 0 Å². The molecule has 0 rings (SSSR count). The molecule has 5 nitrogen and oxygen atoms in total. The predicted octanol–water partition coefficient (Wildman–Crippen LogP) is 1.72. The summed E-state index contributed by atoms with van der Waals surface area (Å²) in [6.45, 7) is 11.0. The Labute approximate surface area is 149 Å². The summed E-state index contributed by atoms with van der Waals surface area (Å²) in [4.78, 5) is 17.3. The van der Waals surface area contributed by atoms with E-state index in [4.69, 9.17) is 0 Å². The number of hydrogen-bond acceptors (Lipinski definition) is 3. The van der Waals surface area contributed by atoms with Gasteiger partial charge in [-0.1, -0.05) is 18.2 Å². The molecule has 0 spiro atoms. The summed E-state index contributed by atoms with van der Waals surface area (Å²) in [5.41, 5.74) is 1.01. The number of guanidine groups is 1. The highest BCUT2D eigenvalue weighted by Crippen LogP contribution is 1.97. The van der Waals surface area contributed by atoms with E-state index in [1.165, 1.54) is 4.90 Å². The van der Waals surface area contributed by atoms with E-state index in [0.717, 1.165) is 23.6 Å². The molecule has 0 aromatic heterocycles. The van der Waals surface area contributed by atoms with Gasteiger partial charge in [-0.25, -0.2) is 4.99 Å². The van der Waals surface area contributed by atoms with Gasteiger partial charge in [0.25, 0.3) is 0 Å². The van der Waals surface area contributed by atoms with Gasteiger partial charge >= 0.3 is 0 Å². The van der Waals surface area contributed by atoms with Gasteiger partial charge in [-0.3, -0.25) is 4.79 Å². The number of amides is 1. The SMILES string of the molecule is C=CCSCCNC(=NCC(=O)N(C)C)NCC(=C)C.I. The van der Waals surface area contributed by atoms with Gasteiger partial charge in [0.2, 0.25) is 5.91 Å². The number of halogens is 1. The largest absolute Gasteiger partial charge is 0.356 e. The molecule has 0 aliphatic heterocycles. The summed E-state index contributed by atoms with van der Waals surface area (Å²) in [5.74, 6) is 2.51. The first-order valence-corrected chi connectivity index (χ1v) is 7.68. The highest BCUT2D eigenvalue weighted by Gasteiger charge is 2.04. The monoisotopic (exact) mass is 426 g/mol. The van der Waals surface area contributed by atoms with E-state index in [0.29, 0.717) is 12.5 Å². The smallest absolute Gasteiger partial charge is 0.243 e. The Hall–Kier alpha value is -0.700. The van der Waals surface area contributed by atoms with Crippen LogP contribution in [0, 0.1) is 0 Å². The lowest BCUT2D eigenvalue weighted by molar-refractivity contribution is -0.127. The molecule has 122 valence electrons. The maximum atomic E-state index is 11.5. The third kappa shape index (κ3) is 14.0. The van der Waals surface area contributed by atoms with Crippen LogP contribution in [-0.4, -0.2) is 62.0 Å². The van der Waals surface area contributed by atoms with Crippen molar-refractivity contribution in [2.75, 3.05) is 45.2 Å². The van der Waals surface area contributed by atoms with Crippen molar-refractivity contribution in [2.45, 2.75) is 6.92 Å². The molecule has 0 bridgehead atoms. The second-order valence-electron chi connectivity index (χ2n) is 4.55. The van der Waals surface area contributed by atoms with Crippen molar-refractivity contribution in [3.05, 3.63) is 24.8 Å². The molecule has 0 unspecified atom stereocenters. The number of aliphatic imine (C=N–C) groups is 1. The number of thioether (sulfide) groups is 1.